The highest BCUT2D eigenvalue weighted by molar-refractivity contribution is 6.30. The smallest absolute Gasteiger partial charge is 0.321 e. The van der Waals surface area contributed by atoms with Gasteiger partial charge in [-0.15, -0.1) is 0 Å². The fourth-order valence-electron chi connectivity index (χ4n) is 6.49. The zero-order valence-corrected chi connectivity index (χ0v) is 23.1. The van der Waals surface area contributed by atoms with Crippen LogP contribution >= 0.6 is 11.6 Å². The van der Waals surface area contributed by atoms with Gasteiger partial charge in [-0.25, -0.2) is 4.79 Å². The van der Waals surface area contributed by atoms with Crippen LogP contribution < -0.4 is 15.4 Å². The zero-order chi connectivity index (χ0) is 25.8. The molecule has 5 nitrogen and oxygen atoms in total. The SMILES string of the molecule is CC(C)CCC1C[C@@H]2C[C@H](Oc3ccc(NC(=O)N4CCC(c5ccc(Cl)cc5)CC4)cc3)C[C@H](C1)N2. The van der Waals surface area contributed by atoms with E-state index in [2.05, 4.69) is 36.6 Å². The summed E-state index contributed by atoms with van der Waals surface area (Å²) >= 11 is 6.02. The third-order valence-electron chi connectivity index (χ3n) is 8.49. The van der Waals surface area contributed by atoms with Crippen molar-refractivity contribution in [3.8, 4) is 5.75 Å². The molecule has 0 aromatic heterocycles. The molecule has 2 aromatic carbocycles. The quantitative estimate of drug-likeness (QED) is 0.396. The molecule has 3 heterocycles. The number of nitrogens with one attached hydrogen (secondary N) is 2. The first-order valence-corrected chi connectivity index (χ1v) is 14.6. The summed E-state index contributed by atoms with van der Waals surface area (Å²) in [6.45, 7) is 6.18. The number of likely N-dealkylation sites (tertiary alicyclic amines) is 1. The van der Waals surface area contributed by atoms with Crippen LogP contribution in [0.15, 0.2) is 48.5 Å². The lowest BCUT2D eigenvalue weighted by atomic mass is 9.77. The van der Waals surface area contributed by atoms with E-state index in [9.17, 15) is 4.79 Å². The van der Waals surface area contributed by atoms with Gasteiger partial charge in [-0.3, -0.25) is 0 Å². The molecule has 5 rings (SSSR count). The van der Waals surface area contributed by atoms with Crippen molar-refractivity contribution in [3.05, 3.63) is 59.1 Å². The minimum atomic E-state index is -0.0265. The van der Waals surface area contributed by atoms with Gasteiger partial charge in [0.05, 0.1) is 0 Å². The lowest BCUT2D eigenvalue weighted by Crippen LogP contribution is -2.53. The molecule has 3 aliphatic heterocycles. The van der Waals surface area contributed by atoms with Gasteiger partial charge >= 0.3 is 6.03 Å². The predicted molar refractivity (Wildman–Crippen MR) is 152 cm³/mol. The number of carbonyl (C=O) groups excluding carboxylic acids is 1. The molecule has 4 atom stereocenters. The van der Waals surface area contributed by atoms with Gasteiger partial charge in [-0.05, 0) is 98.2 Å². The molecule has 0 aliphatic carbocycles. The van der Waals surface area contributed by atoms with E-state index < -0.39 is 0 Å². The number of hydrogen-bond donors (Lipinski definition) is 2. The monoisotopic (exact) mass is 523 g/mol. The number of amides is 2. The summed E-state index contributed by atoms with van der Waals surface area (Å²) in [6.07, 6.45) is 9.65. The molecule has 2 N–H and O–H groups in total. The maximum Gasteiger partial charge on any atom is 0.321 e. The van der Waals surface area contributed by atoms with Gasteiger partial charge in [0.1, 0.15) is 11.9 Å². The number of fused-ring (bicyclic) bond motifs is 2. The molecule has 0 saturated carbocycles. The molecule has 3 aliphatic rings. The third kappa shape index (κ3) is 7.20. The van der Waals surface area contributed by atoms with E-state index in [0.29, 0.717) is 18.0 Å². The number of piperidine rings is 3. The van der Waals surface area contributed by atoms with Crippen LogP contribution in [0.25, 0.3) is 0 Å². The second-order valence-electron chi connectivity index (χ2n) is 11.8. The van der Waals surface area contributed by atoms with Crippen molar-refractivity contribution in [2.45, 2.75) is 89.3 Å². The number of carbonyl (C=O) groups is 1. The molecule has 2 bridgehead atoms. The van der Waals surface area contributed by atoms with Gasteiger partial charge in [0, 0.05) is 35.9 Å². The van der Waals surface area contributed by atoms with Crippen LogP contribution in [-0.4, -0.2) is 42.2 Å². The lowest BCUT2D eigenvalue weighted by Gasteiger charge is -2.43. The summed E-state index contributed by atoms with van der Waals surface area (Å²) in [5.74, 6) is 3.04. The second-order valence-corrected chi connectivity index (χ2v) is 12.3. The number of rotatable bonds is 7. The molecular formula is C31H42ClN3O2. The van der Waals surface area contributed by atoms with Crippen molar-refractivity contribution in [1.82, 2.24) is 10.2 Å². The van der Waals surface area contributed by atoms with Crippen molar-refractivity contribution < 1.29 is 9.53 Å². The minimum Gasteiger partial charge on any atom is -0.490 e. The Balaban J connectivity index is 1.06. The minimum absolute atomic E-state index is 0.0265. The Hall–Kier alpha value is -2.24. The molecule has 3 fully saturated rings. The van der Waals surface area contributed by atoms with E-state index in [-0.39, 0.29) is 12.1 Å². The van der Waals surface area contributed by atoms with Gasteiger partial charge in [0.25, 0.3) is 0 Å². The predicted octanol–water partition coefficient (Wildman–Crippen LogP) is 7.47. The fourth-order valence-corrected chi connectivity index (χ4v) is 6.62. The largest absolute Gasteiger partial charge is 0.490 e. The Bertz CT molecular complexity index is 1000. The van der Waals surface area contributed by atoms with Crippen molar-refractivity contribution in [3.63, 3.8) is 0 Å². The van der Waals surface area contributed by atoms with Gasteiger partial charge in [-0.2, -0.15) is 0 Å². The molecule has 0 spiro atoms. The van der Waals surface area contributed by atoms with Crippen molar-refractivity contribution >= 4 is 23.3 Å². The Morgan fingerprint density at radius 2 is 1.65 bits per heavy atom. The van der Waals surface area contributed by atoms with E-state index in [4.69, 9.17) is 16.3 Å². The Morgan fingerprint density at radius 3 is 2.27 bits per heavy atom. The topological polar surface area (TPSA) is 53.6 Å². The van der Waals surface area contributed by atoms with Gasteiger partial charge in [0.15, 0.2) is 0 Å². The molecule has 2 aromatic rings. The highest BCUT2D eigenvalue weighted by atomic mass is 35.5. The van der Waals surface area contributed by atoms with Crippen molar-refractivity contribution in [2.24, 2.45) is 11.8 Å². The zero-order valence-electron chi connectivity index (χ0n) is 22.3. The highest BCUT2D eigenvalue weighted by Crippen LogP contribution is 2.35. The molecule has 3 saturated heterocycles. The fraction of sp³-hybridized carbons (Fsp3) is 0.581. The summed E-state index contributed by atoms with van der Waals surface area (Å²) in [7, 11) is 0. The van der Waals surface area contributed by atoms with Crippen LogP contribution in [0.1, 0.15) is 76.7 Å². The summed E-state index contributed by atoms with van der Waals surface area (Å²) in [6, 6.07) is 17.1. The molecule has 200 valence electrons. The highest BCUT2D eigenvalue weighted by Gasteiger charge is 2.36. The second kappa shape index (κ2) is 12.1. The number of halogens is 1. The van der Waals surface area contributed by atoms with E-state index in [1.54, 1.807) is 0 Å². The summed E-state index contributed by atoms with van der Waals surface area (Å²) in [5, 5.41) is 7.66. The Kier molecular flexibility index (Phi) is 8.61. The van der Waals surface area contributed by atoms with E-state index in [1.807, 2.05) is 41.3 Å². The van der Waals surface area contributed by atoms with Crippen molar-refractivity contribution in [2.75, 3.05) is 18.4 Å². The molecule has 2 amide bonds. The molecule has 6 heteroatoms. The average Bonchev–Trinajstić information content (AvgIpc) is 2.89. The summed E-state index contributed by atoms with van der Waals surface area (Å²) in [5.41, 5.74) is 2.12. The molecule has 0 radical (unpaired) electrons. The Morgan fingerprint density at radius 1 is 1.00 bits per heavy atom. The van der Waals surface area contributed by atoms with Crippen LogP contribution in [0.2, 0.25) is 5.02 Å². The number of ether oxygens (including phenoxy) is 1. The number of urea groups is 1. The van der Waals surface area contributed by atoms with Gasteiger partial charge in [-0.1, -0.05) is 50.4 Å². The molecule has 1 unspecified atom stereocenters. The summed E-state index contributed by atoms with van der Waals surface area (Å²) in [4.78, 5) is 14.8. The summed E-state index contributed by atoms with van der Waals surface area (Å²) < 4.78 is 6.39. The maximum atomic E-state index is 12.8. The van der Waals surface area contributed by atoms with E-state index in [0.717, 1.165) is 67.1 Å². The number of nitrogens with zero attached hydrogens (tertiary/aromatic N) is 1. The van der Waals surface area contributed by atoms with E-state index >= 15 is 0 Å². The van der Waals surface area contributed by atoms with Gasteiger partial charge < -0.3 is 20.3 Å². The van der Waals surface area contributed by atoms with Crippen LogP contribution in [0.3, 0.4) is 0 Å². The molecule has 37 heavy (non-hydrogen) atoms. The maximum absolute atomic E-state index is 12.8. The normalized spacial score (nSPS) is 26.2. The first kappa shape index (κ1) is 26.4. The van der Waals surface area contributed by atoms with Crippen LogP contribution in [0.5, 0.6) is 5.75 Å². The Labute approximate surface area is 227 Å². The van der Waals surface area contributed by atoms with Crippen molar-refractivity contribution in [1.29, 1.82) is 0 Å². The van der Waals surface area contributed by atoms with Crippen LogP contribution in [0.4, 0.5) is 10.5 Å². The molecular weight excluding hydrogens is 482 g/mol. The van der Waals surface area contributed by atoms with Crippen LogP contribution in [-0.2, 0) is 0 Å². The standard InChI is InChI=1S/C31H42ClN3O2/c1-21(2)3-4-22-17-27-19-30(20-28(18-22)33-27)37-29-11-9-26(10-12-29)34-31(36)35-15-13-24(14-16-35)23-5-7-25(32)8-6-23/h5-12,21-22,24,27-28,30,33H,3-4,13-20H2,1-2H3,(H,34,36)/t22?,27-,28+,30+. The number of hydrogen-bond acceptors (Lipinski definition) is 3. The van der Waals surface area contributed by atoms with Gasteiger partial charge in [0.2, 0.25) is 0 Å². The lowest BCUT2D eigenvalue weighted by molar-refractivity contribution is 0.0711. The number of benzene rings is 2. The third-order valence-corrected chi connectivity index (χ3v) is 8.74. The van der Waals surface area contributed by atoms with Crippen LogP contribution in [0, 0.1) is 11.8 Å². The number of anilines is 1. The van der Waals surface area contributed by atoms with E-state index in [1.165, 1.54) is 31.2 Å². The first-order chi connectivity index (χ1) is 17.9. The first-order valence-electron chi connectivity index (χ1n) is 14.3. The average molecular weight is 524 g/mol.